The van der Waals surface area contributed by atoms with Crippen LogP contribution in [0.25, 0.3) is 0 Å². The molecule has 0 saturated carbocycles. The molecule has 0 aliphatic heterocycles. The molecule has 106 valence electrons. The van der Waals surface area contributed by atoms with Gasteiger partial charge in [0.1, 0.15) is 11.6 Å². The lowest BCUT2D eigenvalue weighted by Crippen LogP contribution is -2.29. The van der Waals surface area contributed by atoms with Crippen LogP contribution >= 0.6 is 0 Å². The van der Waals surface area contributed by atoms with Crippen molar-refractivity contribution in [2.75, 3.05) is 0 Å². The number of hydrogen-bond donors (Lipinski definition) is 3. The van der Waals surface area contributed by atoms with Crippen LogP contribution in [0.4, 0.5) is 0 Å². The van der Waals surface area contributed by atoms with Crippen molar-refractivity contribution in [3.63, 3.8) is 0 Å². The molecule has 1 aliphatic carbocycles. The summed E-state index contributed by atoms with van der Waals surface area (Å²) in [6.07, 6.45) is 8.03. The average Bonchev–Trinajstić information content (AvgIpc) is 2.99. The molecule has 0 radical (unpaired) electrons. The zero-order chi connectivity index (χ0) is 13.9. The summed E-state index contributed by atoms with van der Waals surface area (Å²) in [7, 11) is 0. The molecule has 0 bridgehead atoms. The van der Waals surface area contributed by atoms with E-state index in [1.165, 1.54) is 17.5 Å². The first-order valence-corrected chi connectivity index (χ1v) is 7.35. The molecule has 1 heterocycles. The minimum Gasteiger partial charge on any atom is -0.508 e. The number of phenolic OH excluding ortho intramolecular Hbond substituents is 1. The molecule has 2 aromatic rings. The second-order valence-electron chi connectivity index (χ2n) is 5.43. The highest BCUT2D eigenvalue weighted by Gasteiger charge is 2.24. The van der Waals surface area contributed by atoms with Gasteiger partial charge in [0, 0.05) is 18.4 Å². The molecule has 3 N–H and O–H groups in total. The van der Waals surface area contributed by atoms with E-state index in [1.807, 2.05) is 18.3 Å². The molecule has 3 rings (SSSR count). The molecule has 0 spiro atoms. The number of fused-ring (bicyclic) bond motifs is 1. The minimum atomic E-state index is 0.225. The Morgan fingerprint density at radius 1 is 1.50 bits per heavy atom. The van der Waals surface area contributed by atoms with Crippen LogP contribution in [-0.2, 0) is 6.42 Å². The SMILES string of the molecule is CCC(NC1CCCc2ccc(O)cc21)c1ncc[nH]1. The first kappa shape index (κ1) is 13.2. The predicted octanol–water partition coefficient (Wildman–Crippen LogP) is 3.23. The molecule has 1 aromatic heterocycles. The maximum absolute atomic E-state index is 9.74. The number of hydrogen-bond acceptors (Lipinski definition) is 3. The number of aromatic hydroxyl groups is 1. The van der Waals surface area contributed by atoms with Crippen molar-refractivity contribution in [3.05, 3.63) is 47.5 Å². The lowest BCUT2D eigenvalue weighted by Gasteiger charge is -2.29. The number of aryl methyl sites for hydroxylation is 1. The number of phenols is 1. The highest BCUT2D eigenvalue weighted by atomic mass is 16.3. The summed E-state index contributed by atoms with van der Waals surface area (Å²) >= 11 is 0. The van der Waals surface area contributed by atoms with Crippen LogP contribution < -0.4 is 5.32 Å². The van der Waals surface area contributed by atoms with E-state index in [4.69, 9.17) is 0 Å². The van der Waals surface area contributed by atoms with Crippen molar-refractivity contribution in [1.29, 1.82) is 0 Å². The Labute approximate surface area is 119 Å². The molecule has 0 fully saturated rings. The standard InChI is InChI=1S/C16H21N3O/c1-2-14(16-17-8-9-18-16)19-15-5-3-4-11-6-7-12(20)10-13(11)15/h6-10,14-15,19-20H,2-5H2,1H3,(H,17,18). The summed E-state index contributed by atoms with van der Waals surface area (Å²) < 4.78 is 0. The van der Waals surface area contributed by atoms with E-state index in [0.29, 0.717) is 11.8 Å². The van der Waals surface area contributed by atoms with Crippen molar-refractivity contribution >= 4 is 0 Å². The van der Waals surface area contributed by atoms with Gasteiger partial charge in [0.25, 0.3) is 0 Å². The summed E-state index contributed by atoms with van der Waals surface area (Å²) in [5.41, 5.74) is 2.59. The van der Waals surface area contributed by atoms with Gasteiger partial charge < -0.3 is 15.4 Å². The van der Waals surface area contributed by atoms with Crippen molar-refractivity contribution in [2.24, 2.45) is 0 Å². The van der Waals surface area contributed by atoms with Crippen molar-refractivity contribution in [2.45, 2.75) is 44.7 Å². The summed E-state index contributed by atoms with van der Waals surface area (Å²) in [5, 5.41) is 13.4. The fourth-order valence-corrected chi connectivity index (χ4v) is 3.06. The second kappa shape index (κ2) is 5.67. The third kappa shape index (κ3) is 2.56. The van der Waals surface area contributed by atoms with Crippen molar-refractivity contribution in [1.82, 2.24) is 15.3 Å². The number of aromatic nitrogens is 2. The summed E-state index contributed by atoms with van der Waals surface area (Å²) in [6, 6.07) is 6.25. The number of benzene rings is 1. The van der Waals surface area contributed by atoms with Crippen molar-refractivity contribution in [3.8, 4) is 5.75 Å². The lowest BCUT2D eigenvalue weighted by atomic mass is 9.87. The van der Waals surface area contributed by atoms with Gasteiger partial charge in [-0.1, -0.05) is 13.0 Å². The second-order valence-corrected chi connectivity index (χ2v) is 5.43. The Morgan fingerprint density at radius 2 is 2.40 bits per heavy atom. The van der Waals surface area contributed by atoms with E-state index in [9.17, 15) is 5.11 Å². The predicted molar refractivity (Wildman–Crippen MR) is 78.5 cm³/mol. The zero-order valence-corrected chi connectivity index (χ0v) is 11.8. The van der Waals surface area contributed by atoms with Crippen LogP contribution in [-0.4, -0.2) is 15.1 Å². The summed E-state index contributed by atoms with van der Waals surface area (Å²) in [5.74, 6) is 1.34. The highest BCUT2D eigenvalue weighted by Crippen LogP contribution is 2.34. The van der Waals surface area contributed by atoms with E-state index in [0.717, 1.165) is 25.1 Å². The number of aromatic amines is 1. The van der Waals surface area contributed by atoms with Gasteiger partial charge in [-0.15, -0.1) is 0 Å². The molecular weight excluding hydrogens is 250 g/mol. The molecule has 1 aromatic carbocycles. The maximum atomic E-state index is 9.74. The fraction of sp³-hybridized carbons (Fsp3) is 0.438. The average molecular weight is 271 g/mol. The normalized spacial score (nSPS) is 19.6. The van der Waals surface area contributed by atoms with E-state index >= 15 is 0 Å². The Balaban J connectivity index is 1.83. The Hall–Kier alpha value is -1.81. The Bertz CT molecular complexity index is 565. The van der Waals surface area contributed by atoms with Crippen LogP contribution in [0, 0.1) is 0 Å². The lowest BCUT2D eigenvalue weighted by molar-refractivity contribution is 0.381. The van der Waals surface area contributed by atoms with Crippen LogP contribution in [0.3, 0.4) is 0 Å². The van der Waals surface area contributed by atoms with Gasteiger partial charge in [0.05, 0.1) is 6.04 Å². The van der Waals surface area contributed by atoms with Crippen LogP contribution in [0.5, 0.6) is 5.75 Å². The number of rotatable bonds is 4. The van der Waals surface area contributed by atoms with Crippen molar-refractivity contribution < 1.29 is 5.11 Å². The summed E-state index contributed by atoms with van der Waals surface area (Å²) in [6.45, 7) is 2.16. The van der Waals surface area contributed by atoms with Crippen LogP contribution in [0.15, 0.2) is 30.6 Å². The Morgan fingerprint density at radius 3 is 3.15 bits per heavy atom. The summed E-state index contributed by atoms with van der Waals surface area (Å²) in [4.78, 5) is 7.55. The van der Waals surface area contributed by atoms with Gasteiger partial charge in [0.2, 0.25) is 0 Å². The monoisotopic (exact) mass is 271 g/mol. The fourth-order valence-electron chi connectivity index (χ4n) is 3.06. The van der Waals surface area contributed by atoms with Crippen LogP contribution in [0.1, 0.15) is 55.2 Å². The Kier molecular flexibility index (Phi) is 3.74. The quantitative estimate of drug-likeness (QED) is 0.800. The van der Waals surface area contributed by atoms with Gasteiger partial charge in [0.15, 0.2) is 0 Å². The number of H-pyrrole nitrogens is 1. The van der Waals surface area contributed by atoms with E-state index in [1.54, 1.807) is 12.3 Å². The molecule has 2 unspecified atom stereocenters. The van der Waals surface area contributed by atoms with E-state index in [2.05, 4.69) is 22.2 Å². The number of imidazole rings is 1. The molecule has 0 saturated heterocycles. The van der Waals surface area contributed by atoms with Gasteiger partial charge in [-0.2, -0.15) is 0 Å². The first-order valence-electron chi connectivity index (χ1n) is 7.35. The largest absolute Gasteiger partial charge is 0.508 e. The molecule has 4 nitrogen and oxygen atoms in total. The number of nitrogens with one attached hydrogen (secondary N) is 2. The third-order valence-electron chi connectivity index (χ3n) is 4.10. The maximum Gasteiger partial charge on any atom is 0.123 e. The van der Waals surface area contributed by atoms with Gasteiger partial charge in [-0.05, 0) is 48.9 Å². The minimum absolute atomic E-state index is 0.225. The van der Waals surface area contributed by atoms with Gasteiger partial charge in [-0.25, -0.2) is 4.98 Å². The first-order chi connectivity index (χ1) is 9.78. The molecule has 0 amide bonds. The smallest absolute Gasteiger partial charge is 0.123 e. The van der Waals surface area contributed by atoms with Crippen LogP contribution in [0.2, 0.25) is 0 Å². The molecule has 2 atom stereocenters. The van der Waals surface area contributed by atoms with Gasteiger partial charge in [-0.3, -0.25) is 0 Å². The molecule has 4 heteroatoms. The third-order valence-corrected chi connectivity index (χ3v) is 4.10. The molecular formula is C16H21N3O. The van der Waals surface area contributed by atoms with E-state index < -0.39 is 0 Å². The van der Waals surface area contributed by atoms with E-state index in [-0.39, 0.29) is 6.04 Å². The molecule has 1 aliphatic rings. The highest BCUT2D eigenvalue weighted by molar-refractivity contribution is 5.38. The topological polar surface area (TPSA) is 60.9 Å². The molecule has 20 heavy (non-hydrogen) atoms. The zero-order valence-electron chi connectivity index (χ0n) is 11.8. The number of nitrogens with zero attached hydrogens (tertiary/aromatic N) is 1. The van der Waals surface area contributed by atoms with Gasteiger partial charge >= 0.3 is 0 Å².